The van der Waals surface area contributed by atoms with Gasteiger partial charge in [-0.15, -0.1) is 0 Å². The summed E-state index contributed by atoms with van der Waals surface area (Å²) in [4.78, 5) is 12.8. The molecule has 1 aromatic heterocycles. The smallest absolute Gasteiger partial charge is 0.202 e. The number of ether oxygens (including phenoxy) is 2. The van der Waals surface area contributed by atoms with Crippen LogP contribution >= 0.6 is 0 Å². The molecule has 0 aliphatic carbocycles. The van der Waals surface area contributed by atoms with Crippen molar-refractivity contribution in [1.82, 2.24) is 4.57 Å². The molecule has 0 fully saturated rings. The summed E-state index contributed by atoms with van der Waals surface area (Å²) < 4.78 is 13.0. The van der Waals surface area contributed by atoms with E-state index in [-0.39, 0.29) is 12.4 Å². The minimum atomic E-state index is -0.112. The minimum absolute atomic E-state index is 0.111. The molecule has 2 aromatic carbocycles. The Bertz CT molecular complexity index is 1120. The highest BCUT2D eigenvalue weighted by atomic mass is 16.5. The first-order valence-corrected chi connectivity index (χ1v) is 9.36. The first-order chi connectivity index (χ1) is 13.8. The number of aromatic nitrogens is 1. The predicted molar refractivity (Wildman–Crippen MR) is 112 cm³/mol. The van der Waals surface area contributed by atoms with Crippen LogP contribution in [0.4, 0.5) is 0 Å². The molecule has 0 amide bonds. The molecular weight excluding hydrogens is 364 g/mol. The van der Waals surface area contributed by atoms with Gasteiger partial charge in [-0.05, 0) is 69.2 Å². The van der Waals surface area contributed by atoms with Crippen LogP contribution in [0.3, 0.4) is 0 Å². The highest BCUT2D eigenvalue weighted by molar-refractivity contribution is 5.98. The summed E-state index contributed by atoms with van der Waals surface area (Å²) in [7, 11) is 1.50. The van der Waals surface area contributed by atoms with Gasteiger partial charge in [0, 0.05) is 28.7 Å². The fourth-order valence-corrected chi connectivity index (χ4v) is 3.38. The number of nitrogens with zero attached hydrogens (tertiary/aromatic N) is 2. The first-order valence-electron chi connectivity index (χ1n) is 9.36. The second-order valence-corrected chi connectivity index (χ2v) is 7.08. The Hall–Kier alpha value is -3.52. The molecule has 3 aromatic rings. The molecule has 0 bridgehead atoms. The van der Waals surface area contributed by atoms with Crippen molar-refractivity contribution in [2.24, 2.45) is 0 Å². The van der Waals surface area contributed by atoms with E-state index < -0.39 is 0 Å². The molecule has 0 saturated heterocycles. The molecule has 0 aliphatic rings. The molecule has 1 heterocycles. The second kappa shape index (κ2) is 8.24. The van der Waals surface area contributed by atoms with E-state index in [9.17, 15) is 4.79 Å². The summed E-state index contributed by atoms with van der Waals surface area (Å²) >= 11 is 0. The molecule has 5 nitrogen and oxygen atoms in total. The summed E-state index contributed by atoms with van der Waals surface area (Å²) in [5.74, 6) is 0.750. The molecule has 29 heavy (non-hydrogen) atoms. The SMILES string of the molecule is COc1cc(C#N)ccc1OCC(=O)c1cc(C)n(-c2ccc(C)c(C)c2)c1C. The lowest BCUT2D eigenvalue weighted by atomic mass is 10.1. The van der Waals surface area contributed by atoms with E-state index in [4.69, 9.17) is 14.7 Å². The Labute approximate surface area is 171 Å². The zero-order valence-electron chi connectivity index (χ0n) is 17.4. The van der Waals surface area contributed by atoms with Crippen molar-refractivity contribution in [3.63, 3.8) is 0 Å². The fourth-order valence-electron chi connectivity index (χ4n) is 3.38. The van der Waals surface area contributed by atoms with Crippen LogP contribution in [0.2, 0.25) is 0 Å². The number of Topliss-reactive ketones (excluding diaryl/α,β-unsaturated/α-hetero) is 1. The van der Waals surface area contributed by atoms with Crippen molar-refractivity contribution in [1.29, 1.82) is 5.26 Å². The third-order valence-corrected chi connectivity index (χ3v) is 5.13. The molecule has 148 valence electrons. The summed E-state index contributed by atoms with van der Waals surface area (Å²) in [6.07, 6.45) is 0. The molecule has 3 rings (SSSR count). The normalized spacial score (nSPS) is 10.5. The van der Waals surface area contributed by atoms with Crippen LogP contribution in [0.1, 0.15) is 38.4 Å². The number of carbonyl (C=O) groups is 1. The summed E-state index contributed by atoms with van der Waals surface area (Å²) in [5, 5.41) is 9.00. The topological polar surface area (TPSA) is 64.2 Å². The van der Waals surface area contributed by atoms with Crippen LogP contribution in [0, 0.1) is 39.0 Å². The van der Waals surface area contributed by atoms with Gasteiger partial charge >= 0.3 is 0 Å². The standard InChI is InChI=1S/C24H24N2O3/c1-15-6-8-20(10-16(15)2)26-17(3)11-21(18(26)4)22(27)14-29-23-9-7-19(13-25)12-24(23)28-5/h6-12H,14H2,1-5H3. The molecule has 0 radical (unpaired) electrons. The number of aryl methyl sites for hydroxylation is 3. The largest absolute Gasteiger partial charge is 0.493 e. The van der Waals surface area contributed by atoms with Crippen molar-refractivity contribution in [2.75, 3.05) is 13.7 Å². The molecule has 0 atom stereocenters. The van der Waals surface area contributed by atoms with Crippen LogP contribution in [-0.2, 0) is 0 Å². The summed E-state index contributed by atoms with van der Waals surface area (Å²) in [6.45, 7) is 7.98. The average molecular weight is 388 g/mol. The van der Waals surface area contributed by atoms with Crippen LogP contribution in [0.5, 0.6) is 11.5 Å². The second-order valence-electron chi connectivity index (χ2n) is 7.08. The van der Waals surface area contributed by atoms with E-state index >= 15 is 0 Å². The predicted octanol–water partition coefficient (Wildman–Crippen LogP) is 4.85. The Balaban J connectivity index is 1.84. The number of nitriles is 1. The van der Waals surface area contributed by atoms with Crippen LogP contribution in [0.25, 0.3) is 5.69 Å². The Morgan fingerprint density at radius 2 is 1.76 bits per heavy atom. The molecule has 0 aliphatic heterocycles. The van der Waals surface area contributed by atoms with Crippen LogP contribution in [0.15, 0.2) is 42.5 Å². The lowest BCUT2D eigenvalue weighted by Crippen LogP contribution is -2.13. The van der Waals surface area contributed by atoms with Crippen LogP contribution < -0.4 is 9.47 Å². The number of hydrogen-bond donors (Lipinski definition) is 0. The van der Waals surface area contributed by atoms with Crippen molar-refractivity contribution in [3.8, 4) is 23.3 Å². The minimum Gasteiger partial charge on any atom is -0.493 e. The van der Waals surface area contributed by atoms with Gasteiger partial charge < -0.3 is 14.0 Å². The van der Waals surface area contributed by atoms with Crippen molar-refractivity contribution in [3.05, 3.63) is 76.1 Å². The van der Waals surface area contributed by atoms with E-state index in [0.29, 0.717) is 22.6 Å². The fraction of sp³-hybridized carbons (Fsp3) is 0.250. The Morgan fingerprint density at radius 1 is 1.00 bits per heavy atom. The maximum atomic E-state index is 12.8. The third-order valence-electron chi connectivity index (χ3n) is 5.13. The molecule has 0 spiro atoms. The van der Waals surface area contributed by atoms with Gasteiger partial charge in [-0.3, -0.25) is 4.79 Å². The number of methoxy groups -OCH3 is 1. The third kappa shape index (κ3) is 4.02. The zero-order chi connectivity index (χ0) is 21.1. The summed E-state index contributed by atoms with van der Waals surface area (Å²) in [6, 6.07) is 15.1. The number of benzene rings is 2. The Morgan fingerprint density at radius 3 is 2.41 bits per heavy atom. The highest BCUT2D eigenvalue weighted by Crippen LogP contribution is 2.28. The van der Waals surface area contributed by atoms with E-state index in [2.05, 4.69) is 42.7 Å². The number of ketones is 1. The molecule has 5 heteroatoms. The van der Waals surface area contributed by atoms with Crippen molar-refractivity contribution >= 4 is 5.78 Å². The van der Waals surface area contributed by atoms with Crippen molar-refractivity contribution < 1.29 is 14.3 Å². The zero-order valence-corrected chi connectivity index (χ0v) is 17.4. The molecular formula is C24H24N2O3. The highest BCUT2D eigenvalue weighted by Gasteiger charge is 2.18. The number of carbonyl (C=O) groups excluding carboxylic acids is 1. The average Bonchev–Trinajstić information content (AvgIpc) is 3.02. The molecule has 0 unspecified atom stereocenters. The van der Waals surface area contributed by atoms with Gasteiger partial charge in [0.25, 0.3) is 0 Å². The van der Waals surface area contributed by atoms with Gasteiger partial charge in [0.2, 0.25) is 5.78 Å². The van der Waals surface area contributed by atoms with Crippen molar-refractivity contribution in [2.45, 2.75) is 27.7 Å². The molecule has 0 N–H and O–H groups in total. The van der Waals surface area contributed by atoms with Gasteiger partial charge in [-0.25, -0.2) is 0 Å². The van der Waals surface area contributed by atoms with Crippen LogP contribution in [-0.4, -0.2) is 24.1 Å². The van der Waals surface area contributed by atoms with Gasteiger partial charge in [-0.1, -0.05) is 6.07 Å². The van der Waals surface area contributed by atoms with E-state index in [1.165, 1.54) is 18.2 Å². The maximum Gasteiger partial charge on any atom is 0.202 e. The molecule has 0 saturated carbocycles. The quantitative estimate of drug-likeness (QED) is 0.566. The number of rotatable bonds is 6. The lowest BCUT2D eigenvalue weighted by molar-refractivity contribution is 0.0919. The maximum absolute atomic E-state index is 12.8. The monoisotopic (exact) mass is 388 g/mol. The lowest BCUT2D eigenvalue weighted by Gasteiger charge is -2.12. The van der Waals surface area contributed by atoms with Gasteiger partial charge in [-0.2, -0.15) is 5.26 Å². The van der Waals surface area contributed by atoms with E-state index in [0.717, 1.165) is 17.1 Å². The first kappa shape index (κ1) is 20.2. The number of hydrogen-bond acceptors (Lipinski definition) is 4. The Kier molecular flexibility index (Phi) is 5.74. The van der Waals surface area contributed by atoms with Gasteiger partial charge in [0.1, 0.15) is 0 Å². The van der Waals surface area contributed by atoms with E-state index in [1.807, 2.05) is 19.9 Å². The van der Waals surface area contributed by atoms with Gasteiger partial charge in [0.05, 0.1) is 18.7 Å². The summed E-state index contributed by atoms with van der Waals surface area (Å²) in [5.41, 5.74) is 6.45. The van der Waals surface area contributed by atoms with Gasteiger partial charge in [0.15, 0.2) is 18.1 Å². The van der Waals surface area contributed by atoms with E-state index in [1.54, 1.807) is 18.2 Å².